The molecule has 12 nitrogen and oxygen atoms in total. The molecular formula is C26H38O12. The zero-order chi connectivity index (χ0) is 27.7. The lowest BCUT2D eigenvalue weighted by molar-refractivity contribution is -0.327. The molecule has 0 aromatic rings. The summed E-state index contributed by atoms with van der Waals surface area (Å²) >= 11 is 0. The Morgan fingerprint density at radius 2 is 1.76 bits per heavy atom. The van der Waals surface area contributed by atoms with Crippen molar-refractivity contribution in [1.29, 1.82) is 0 Å². The predicted molar refractivity (Wildman–Crippen MR) is 128 cm³/mol. The van der Waals surface area contributed by atoms with Gasteiger partial charge in [0.2, 0.25) is 6.29 Å². The summed E-state index contributed by atoms with van der Waals surface area (Å²) in [6.45, 7) is 5.13. The average molecular weight is 543 g/mol. The predicted octanol–water partition coefficient (Wildman–Crippen LogP) is -0.635. The van der Waals surface area contributed by atoms with Gasteiger partial charge in [-0.2, -0.15) is 0 Å². The van der Waals surface area contributed by atoms with Crippen molar-refractivity contribution in [1.82, 2.24) is 0 Å². The van der Waals surface area contributed by atoms with E-state index >= 15 is 0 Å². The van der Waals surface area contributed by atoms with E-state index in [1.807, 2.05) is 13.8 Å². The Labute approximate surface area is 220 Å². The first-order valence-electron chi connectivity index (χ1n) is 13.1. The third-order valence-corrected chi connectivity index (χ3v) is 8.27. The maximum atomic E-state index is 13.1. The monoisotopic (exact) mass is 542 g/mol. The summed E-state index contributed by atoms with van der Waals surface area (Å²) in [6.07, 6.45) is -6.25. The van der Waals surface area contributed by atoms with Crippen molar-refractivity contribution in [2.45, 2.75) is 76.7 Å². The summed E-state index contributed by atoms with van der Waals surface area (Å²) in [6, 6.07) is 0. The highest BCUT2D eigenvalue weighted by atomic mass is 16.8. The molecule has 1 saturated carbocycles. The van der Waals surface area contributed by atoms with E-state index in [1.165, 1.54) is 0 Å². The molecule has 3 heterocycles. The molecule has 0 amide bonds. The second-order valence-corrected chi connectivity index (χ2v) is 10.7. The van der Waals surface area contributed by atoms with E-state index in [1.54, 1.807) is 13.0 Å². The van der Waals surface area contributed by atoms with Crippen molar-refractivity contribution in [3.63, 3.8) is 0 Å². The van der Waals surface area contributed by atoms with Gasteiger partial charge in [0.15, 0.2) is 6.29 Å². The number of fused-ring (bicyclic) bond motifs is 2. The van der Waals surface area contributed by atoms with Crippen molar-refractivity contribution < 1.29 is 58.8 Å². The minimum absolute atomic E-state index is 0.0672. The quantitative estimate of drug-likeness (QED) is 0.225. The van der Waals surface area contributed by atoms with Crippen LogP contribution >= 0.6 is 0 Å². The number of carbonyl (C=O) groups is 2. The van der Waals surface area contributed by atoms with E-state index in [0.29, 0.717) is 12.0 Å². The number of rotatable bonds is 3. The summed E-state index contributed by atoms with van der Waals surface area (Å²) in [5.41, 5.74) is 0.439. The van der Waals surface area contributed by atoms with Gasteiger partial charge in [0.05, 0.1) is 44.2 Å². The van der Waals surface area contributed by atoms with E-state index in [2.05, 4.69) is 0 Å². The molecule has 3 fully saturated rings. The molecule has 0 radical (unpaired) electrons. The zero-order valence-electron chi connectivity index (χ0n) is 21.7. The number of hydrogen-bond donors (Lipinski definition) is 5. The Kier molecular flexibility index (Phi) is 9.13. The highest BCUT2D eigenvalue weighted by Gasteiger charge is 2.48. The first kappa shape index (κ1) is 28.9. The second kappa shape index (κ2) is 12.0. The van der Waals surface area contributed by atoms with Gasteiger partial charge in [0.1, 0.15) is 24.4 Å². The van der Waals surface area contributed by atoms with E-state index in [4.69, 9.17) is 23.7 Å². The first-order valence-corrected chi connectivity index (χ1v) is 13.1. The van der Waals surface area contributed by atoms with Crippen LogP contribution in [0.5, 0.6) is 0 Å². The number of ether oxygens (including phenoxy) is 5. The molecule has 2 saturated heterocycles. The maximum Gasteiger partial charge on any atom is 0.337 e. The van der Waals surface area contributed by atoms with Gasteiger partial charge in [0.25, 0.3) is 0 Å². The smallest absolute Gasteiger partial charge is 0.337 e. The Morgan fingerprint density at radius 1 is 1.03 bits per heavy atom. The van der Waals surface area contributed by atoms with Gasteiger partial charge in [-0.15, -0.1) is 0 Å². The Morgan fingerprint density at radius 3 is 2.45 bits per heavy atom. The molecule has 4 aliphatic rings. The third-order valence-electron chi connectivity index (χ3n) is 8.27. The number of aliphatic hydroxyl groups excluding tert-OH is 5. The van der Waals surface area contributed by atoms with Crippen LogP contribution in [0.4, 0.5) is 0 Å². The van der Waals surface area contributed by atoms with Crippen LogP contribution in [0.2, 0.25) is 0 Å². The fourth-order valence-electron chi connectivity index (χ4n) is 6.08. The summed E-state index contributed by atoms with van der Waals surface area (Å²) in [7, 11) is 0. The molecule has 214 valence electrons. The summed E-state index contributed by atoms with van der Waals surface area (Å²) < 4.78 is 28.1. The number of hydrogen-bond acceptors (Lipinski definition) is 12. The van der Waals surface area contributed by atoms with Gasteiger partial charge < -0.3 is 49.2 Å². The summed E-state index contributed by atoms with van der Waals surface area (Å²) in [5, 5.41) is 50.6. The lowest BCUT2D eigenvalue weighted by Gasteiger charge is -2.42. The molecule has 12 heteroatoms. The van der Waals surface area contributed by atoms with Crippen molar-refractivity contribution in [2.24, 2.45) is 29.6 Å². The number of carbonyl (C=O) groups excluding carboxylic acids is 2. The van der Waals surface area contributed by atoms with Gasteiger partial charge in [0, 0.05) is 17.4 Å². The fraction of sp³-hybridized carbons (Fsp3) is 0.769. The molecule has 0 spiro atoms. The van der Waals surface area contributed by atoms with Crippen LogP contribution in [0.15, 0.2) is 23.5 Å². The molecular weight excluding hydrogens is 504 g/mol. The Hall–Kier alpha value is -2.06. The highest BCUT2D eigenvalue weighted by molar-refractivity contribution is 5.91. The number of allylic oxidation sites excluding steroid dienone is 1. The minimum Gasteiger partial charge on any atom is -0.468 e. The molecule has 38 heavy (non-hydrogen) atoms. The van der Waals surface area contributed by atoms with Crippen molar-refractivity contribution in [3.05, 3.63) is 23.5 Å². The van der Waals surface area contributed by atoms with Crippen LogP contribution in [0.3, 0.4) is 0 Å². The van der Waals surface area contributed by atoms with E-state index < -0.39 is 67.6 Å². The lowest BCUT2D eigenvalue weighted by atomic mass is 9.82. The average Bonchev–Trinajstić information content (AvgIpc) is 3.18. The standard InChI is InChI=1S/C26H38O12/c1-4-13-14-6-19(29)34-9-15-11(2)5-17(28)20(15)12(3)8-35-24(33)16(14)10-36-25(13)38-26-23(32)22(31)21(30)18(7-27)37-26/h4,10-12,14-15,17-18,20-23,25-28,30-32H,5-9H2,1-3H3/b13-4+/t11-,12-,14-,15+,17-,18+,20-,21+,22-,23+,25-,26-/m0/s1. The number of aliphatic hydroxyl groups is 5. The van der Waals surface area contributed by atoms with Crippen LogP contribution < -0.4 is 0 Å². The normalized spacial score (nSPS) is 45.5. The highest BCUT2D eigenvalue weighted by Crippen LogP contribution is 2.43. The maximum absolute atomic E-state index is 13.1. The summed E-state index contributed by atoms with van der Waals surface area (Å²) in [4.78, 5) is 26.1. The van der Waals surface area contributed by atoms with Crippen molar-refractivity contribution >= 4 is 11.9 Å². The van der Waals surface area contributed by atoms with Crippen LogP contribution in [-0.4, -0.2) is 100 Å². The van der Waals surface area contributed by atoms with Crippen LogP contribution in [-0.2, 0) is 33.3 Å². The SMILES string of the molecule is C/C=C1/[C@H](O[C@@H]2O[C@H](CO)[C@@H](O)[C@H](O)[C@H]2O)OC=C2C(=O)OC[C@H](C)[C@H]3[C@H](COC(=O)C[C@H]21)[C@@H](C)C[C@@H]3O. The molecule has 12 atom stereocenters. The van der Waals surface area contributed by atoms with Gasteiger partial charge in [-0.3, -0.25) is 4.79 Å². The van der Waals surface area contributed by atoms with Gasteiger partial charge in [-0.1, -0.05) is 19.9 Å². The molecule has 0 unspecified atom stereocenters. The molecule has 0 bridgehead atoms. The van der Waals surface area contributed by atoms with Crippen molar-refractivity contribution in [3.8, 4) is 0 Å². The third kappa shape index (κ3) is 5.62. The number of cyclic esters (lactones) is 2. The van der Waals surface area contributed by atoms with Gasteiger partial charge >= 0.3 is 11.9 Å². The minimum atomic E-state index is -1.66. The molecule has 0 aromatic heterocycles. The van der Waals surface area contributed by atoms with Crippen LogP contribution in [0.1, 0.15) is 33.6 Å². The lowest BCUT2D eigenvalue weighted by Crippen LogP contribution is -2.60. The second-order valence-electron chi connectivity index (χ2n) is 10.7. The van der Waals surface area contributed by atoms with Crippen LogP contribution in [0, 0.1) is 29.6 Å². The molecule has 4 rings (SSSR count). The van der Waals surface area contributed by atoms with E-state index in [0.717, 1.165) is 6.26 Å². The van der Waals surface area contributed by atoms with Gasteiger partial charge in [-0.25, -0.2) is 4.79 Å². The van der Waals surface area contributed by atoms with Crippen molar-refractivity contribution in [2.75, 3.05) is 19.8 Å². The number of esters is 2. The summed E-state index contributed by atoms with van der Waals surface area (Å²) in [5.74, 6) is -2.37. The first-order chi connectivity index (χ1) is 18.1. The van der Waals surface area contributed by atoms with E-state index in [9.17, 15) is 35.1 Å². The largest absolute Gasteiger partial charge is 0.468 e. The van der Waals surface area contributed by atoms with Gasteiger partial charge in [-0.05, 0) is 31.1 Å². The Bertz CT molecular complexity index is 931. The molecule has 3 aliphatic heterocycles. The van der Waals surface area contributed by atoms with E-state index in [-0.39, 0.29) is 48.9 Å². The molecule has 1 aliphatic carbocycles. The topological polar surface area (TPSA) is 181 Å². The zero-order valence-corrected chi connectivity index (χ0v) is 21.7. The molecule has 0 aromatic carbocycles. The fourth-order valence-corrected chi connectivity index (χ4v) is 6.08. The molecule has 5 N–H and O–H groups in total. The Balaban J connectivity index is 1.56. The van der Waals surface area contributed by atoms with Crippen LogP contribution in [0.25, 0.3) is 0 Å².